The molecule has 3 unspecified atom stereocenters. The molecule has 3 N–H and O–H groups in total. The highest BCUT2D eigenvalue weighted by molar-refractivity contribution is 7.21. The van der Waals surface area contributed by atoms with Gasteiger partial charge in [0.2, 0.25) is 5.95 Å². The Morgan fingerprint density at radius 3 is 2.64 bits per heavy atom. The summed E-state index contributed by atoms with van der Waals surface area (Å²) in [4.78, 5) is 30.1. The molecule has 0 radical (unpaired) electrons. The van der Waals surface area contributed by atoms with Crippen LogP contribution in [0, 0.1) is 25.7 Å². The van der Waals surface area contributed by atoms with Crippen LogP contribution in [0.3, 0.4) is 0 Å². The molecule has 0 aromatic carbocycles. The van der Waals surface area contributed by atoms with Crippen LogP contribution in [-0.2, 0) is 4.79 Å². The highest BCUT2D eigenvalue weighted by atomic mass is 32.1. The third-order valence-corrected chi connectivity index (χ3v) is 7.91. The Balaban J connectivity index is 1.74. The molecule has 36 heavy (non-hydrogen) atoms. The smallest absolute Gasteiger partial charge is 0.225 e. The fourth-order valence-corrected chi connectivity index (χ4v) is 6.07. The van der Waals surface area contributed by atoms with E-state index < -0.39 is 5.60 Å². The summed E-state index contributed by atoms with van der Waals surface area (Å²) in [7, 11) is 0. The lowest BCUT2D eigenvalue weighted by molar-refractivity contribution is 0.0197. The number of nitrogens with one attached hydrogen (secondary N) is 2. The van der Waals surface area contributed by atoms with Crippen molar-refractivity contribution in [2.45, 2.75) is 84.9 Å². The van der Waals surface area contributed by atoms with Gasteiger partial charge in [-0.1, -0.05) is 13.8 Å². The van der Waals surface area contributed by atoms with E-state index in [-0.39, 0.29) is 18.0 Å². The van der Waals surface area contributed by atoms with Crippen LogP contribution in [0.1, 0.15) is 64.8 Å². The molecule has 0 saturated heterocycles. The quantitative estimate of drug-likeness (QED) is 0.332. The monoisotopic (exact) mass is 508 g/mol. The first-order chi connectivity index (χ1) is 17.0. The molecule has 3 aromatic heterocycles. The maximum absolute atomic E-state index is 11.1. The lowest BCUT2D eigenvalue weighted by Crippen LogP contribution is -2.30. The molecular weight excluding hydrogens is 472 g/mol. The predicted octanol–water partition coefficient (Wildman–Crippen LogP) is 5.33. The third kappa shape index (κ3) is 5.91. The average molecular weight is 509 g/mol. The molecule has 0 spiro atoms. The van der Waals surface area contributed by atoms with E-state index >= 15 is 0 Å². The minimum atomic E-state index is -0.712. The van der Waals surface area contributed by atoms with Crippen molar-refractivity contribution in [3.63, 3.8) is 0 Å². The van der Waals surface area contributed by atoms with Crippen molar-refractivity contribution in [2.75, 3.05) is 10.6 Å². The first kappa shape index (κ1) is 26.2. The molecule has 9 heteroatoms. The Kier molecular flexibility index (Phi) is 7.73. The van der Waals surface area contributed by atoms with E-state index in [2.05, 4.69) is 29.5 Å². The van der Waals surface area contributed by atoms with Gasteiger partial charge in [0.1, 0.15) is 22.3 Å². The maximum Gasteiger partial charge on any atom is 0.225 e. The number of nitrogens with zero attached hydrogens (tertiary/aromatic N) is 4. The van der Waals surface area contributed by atoms with Gasteiger partial charge in [-0.3, -0.25) is 4.98 Å². The van der Waals surface area contributed by atoms with E-state index in [9.17, 15) is 9.90 Å². The van der Waals surface area contributed by atoms with Gasteiger partial charge in [-0.15, -0.1) is 11.3 Å². The van der Waals surface area contributed by atoms with Crippen molar-refractivity contribution in [1.29, 1.82) is 0 Å². The number of aryl methyl sites for hydroxylation is 2. The standard InChI is InChI=1S/C27H36N6O2S/c1-15(2)13-20(10-12-34)31-26-29-16(3)22(25-32-23-17(4)28-11-9-21(23)36-25)24(33-26)30-19-8-7-18(14-19)27(5,6)35/h9-11,15,18-20,35H,7-8,13-14H2,1-6H3,(H2,29,30,31,33). The molecule has 4 rings (SSSR count). The van der Waals surface area contributed by atoms with Crippen molar-refractivity contribution < 1.29 is 9.90 Å². The predicted molar refractivity (Wildman–Crippen MR) is 146 cm³/mol. The van der Waals surface area contributed by atoms with Crippen molar-refractivity contribution in [3.8, 4) is 10.6 Å². The van der Waals surface area contributed by atoms with Crippen molar-refractivity contribution in [1.82, 2.24) is 19.9 Å². The van der Waals surface area contributed by atoms with E-state index in [0.717, 1.165) is 63.7 Å². The molecule has 192 valence electrons. The maximum atomic E-state index is 11.1. The zero-order valence-electron chi connectivity index (χ0n) is 21.9. The number of thiazole rings is 1. The summed E-state index contributed by atoms with van der Waals surface area (Å²) < 4.78 is 1.07. The molecule has 3 heterocycles. The van der Waals surface area contributed by atoms with Gasteiger partial charge in [-0.25, -0.2) is 14.8 Å². The van der Waals surface area contributed by atoms with Crippen LogP contribution < -0.4 is 10.6 Å². The molecule has 0 aliphatic heterocycles. The zero-order chi connectivity index (χ0) is 26.0. The fourth-order valence-electron chi connectivity index (χ4n) is 4.96. The number of carbonyl (C=O) groups excluding carboxylic acids is 1. The molecule has 0 amide bonds. The Bertz CT molecular complexity index is 1280. The highest BCUT2D eigenvalue weighted by Gasteiger charge is 2.35. The summed E-state index contributed by atoms with van der Waals surface area (Å²) in [6.45, 7) is 11.9. The van der Waals surface area contributed by atoms with Gasteiger partial charge in [-0.2, -0.15) is 4.98 Å². The first-order valence-electron chi connectivity index (χ1n) is 12.6. The minimum absolute atomic E-state index is 0.182. The largest absolute Gasteiger partial charge is 0.390 e. The Hall–Kier alpha value is -2.87. The summed E-state index contributed by atoms with van der Waals surface area (Å²) in [6, 6.07) is 1.96. The van der Waals surface area contributed by atoms with Gasteiger partial charge < -0.3 is 15.7 Å². The van der Waals surface area contributed by atoms with Gasteiger partial charge >= 0.3 is 0 Å². The van der Waals surface area contributed by atoms with Gasteiger partial charge in [0, 0.05) is 18.3 Å². The van der Waals surface area contributed by atoms with Crippen LogP contribution in [0.2, 0.25) is 0 Å². The van der Waals surface area contributed by atoms with Crippen LogP contribution in [-0.4, -0.2) is 48.7 Å². The number of pyridine rings is 1. The van der Waals surface area contributed by atoms with Crippen LogP contribution in [0.4, 0.5) is 11.8 Å². The van der Waals surface area contributed by atoms with Gasteiger partial charge in [0.15, 0.2) is 0 Å². The molecule has 3 aromatic rings. The second-order valence-corrected chi connectivity index (χ2v) is 11.8. The molecule has 1 aliphatic carbocycles. The van der Waals surface area contributed by atoms with Crippen LogP contribution in [0.25, 0.3) is 20.8 Å². The lowest BCUT2D eigenvalue weighted by atomic mass is 9.89. The molecule has 3 atom stereocenters. The molecule has 1 fully saturated rings. The average Bonchev–Trinajstić information content (AvgIpc) is 3.41. The van der Waals surface area contributed by atoms with E-state index in [1.165, 1.54) is 6.08 Å². The summed E-state index contributed by atoms with van der Waals surface area (Å²) in [5, 5.41) is 18.4. The zero-order valence-corrected chi connectivity index (χ0v) is 22.7. The normalized spacial score (nSPS) is 18.9. The number of hydrogen-bond donors (Lipinski definition) is 3. The summed E-state index contributed by atoms with van der Waals surface area (Å²) in [6.07, 6.45) is 6.84. The van der Waals surface area contributed by atoms with Crippen LogP contribution in [0.15, 0.2) is 18.3 Å². The van der Waals surface area contributed by atoms with Gasteiger partial charge in [0.25, 0.3) is 0 Å². The molecule has 0 bridgehead atoms. The molecular formula is C27H36N6O2S. The second-order valence-electron chi connectivity index (χ2n) is 10.8. The summed E-state index contributed by atoms with van der Waals surface area (Å²) in [5.41, 5.74) is 2.74. The second kappa shape index (κ2) is 10.6. The van der Waals surface area contributed by atoms with E-state index in [1.807, 2.05) is 39.7 Å². The van der Waals surface area contributed by atoms with Crippen LogP contribution in [0.5, 0.6) is 0 Å². The van der Waals surface area contributed by atoms with Crippen molar-refractivity contribution in [3.05, 3.63) is 29.7 Å². The number of rotatable bonds is 9. The Labute approximate surface area is 216 Å². The number of fused-ring (bicyclic) bond motifs is 1. The Morgan fingerprint density at radius 2 is 2.00 bits per heavy atom. The first-order valence-corrected chi connectivity index (χ1v) is 13.4. The number of aliphatic hydroxyl groups is 1. The molecule has 1 saturated carbocycles. The van der Waals surface area contributed by atoms with E-state index in [4.69, 9.17) is 15.0 Å². The van der Waals surface area contributed by atoms with Crippen molar-refractivity contribution in [2.24, 2.45) is 11.8 Å². The lowest BCUT2D eigenvalue weighted by Gasteiger charge is -2.26. The van der Waals surface area contributed by atoms with Crippen LogP contribution >= 0.6 is 11.3 Å². The van der Waals surface area contributed by atoms with Gasteiger partial charge in [-0.05, 0) is 71.3 Å². The molecule has 8 nitrogen and oxygen atoms in total. The van der Waals surface area contributed by atoms with Gasteiger partial charge in [0.05, 0.1) is 33.3 Å². The SMILES string of the molecule is Cc1nc(NC(C=C=O)CC(C)C)nc(NC2CCC(C(C)(C)O)C2)c1-c1nc2c(C)nccc2s1. The topological polar surface area (TPSA) is 113 Å². The highest BCUT2D eigenvalue weighted by Crippen LogP contribution is 2.40. The third-order valence-electron chi connectivity index (χ3n) is 6.88. The number of aromatic nitrogens is 4. The Morgan fingerprint density at radius 1 is 1.22 bits per heavy atom. The number of hydrogen-bond acceptors (Lipinski definition) is 9. The molecule has 1 aliphatic rings. The summed E-state index contributed by atoms with van der Waals surface area (Å²) in [5.74, 6) is 3.71. The minimum Gasteiger partial charge on any atom is -0.390 e. The van der Waals surface area contributed by atoms with Crippen molar-refractivity contribution >= 4 is 39.3 Å². The number of anilines is 2. The summed E-state index contributed by atoms with van der Waals surface area (Å²) >= 11 is 1.60. The fraction of sp³-hybridized carbons (Fsp3) is 0.556. The van der Waals surface area contributed by atoms with E-state index in [1.54, 1.807) is 17.5 Å². The van der Waals surface area contributed by atoms with E-state index in [0.29, 0.717) is 11.9 Å².